The summed E-state index contributed by atoms with van der Waals surface area (Å²) >= 11 is 1.30. The summed E-state index contributed by atoms with van der Waals surface area (Å²) in [6.07, 6.45) is 3.27. The third-order valence-electron chi connectivity index (χ3n) is 6.05. The second kappa shape index (κ2) is 10.8. The number of thiophene rings is 1. The van der Waals surface area contributed by atoms with Crippen molar-refractivity contribution in [2.45, 2.75) is 32.6 Å². The number of fused-ring (bicyclic) bond motifs is 1. The number of anilines is 1. The number of nitrogens with one attached hydrogen (secondary N) is 1. The number of nitrogens with two attached hydrogens (primary N) is 1. The fourth-order valence-electron chi connectivity index (χ4n) is 4.22. The van der Waals surface area contributed by atoms with Crippen molar-refractivity contribution in [3.63, 3.8) is 0 Å². The maximum absolute atomic E-state index is 12.3. The zero-order chi connectivity index (χ0) is 24.1. The molecule has 4 rings (SSSR count). The molecule has 2 amide bonds. The van der Waals surface area contributed by atoms with E-state index in [9.17, 15) is 9.59 Å². The molecule has 2 aromatic heterocycles. The Morgan fingerprint density at radius 2 is 2.06 bits per heavy atom. The van der Waals surface area contributed by atoms with Gasteiger partial charge in [-0.2, -0.15) is 0 Å². The number of nitrogens with zero attached hydrogens (tertiary/aromatic N) is 3. The number of benzene rings is 1. The number of ether oxygens (including phenoxy) is 1. The van der Waals surface area contributed by atoms with E-state index in [0.29, 0.717) is 40.9 Å². The predicted octanol–water partition coefficient (Wildman–Crippen LogP) is 3.92. The normalized spacial score (nSPS) is 14.4. The highest BCUT2D eigenvalue weighted by molar-refractivity contribution is 7.20. The van der Waals surface area contributed by atoms with Crippen molar-refractivity contribution in [2.75, 3.05) is 32.0 Å². The minimum Gasteiger partial charge on any atom is -0.494 e. The van der Waals surface area contributed by atoms with Crippen LogP contribution in [0.2, 0.25) is 0 Å². The van der Waals surface area contributed by atoms with Crippen LogP contribution in [0.25, 0.3) is 21.5 Å². The summed E-state index contributed by atoms with van der Waals surface area (Å²) in [5, 5.41) is 3.61. The maximum Gasteiger partial charge on any atom is 0.261 e. The largest absolute Gasteiger partial charge is 0.494 e. The summed E-state index contributed by atoms with van der Waals surface area (Å²) in [5.41, 5.74) is 7.51. The number of hydrogen-bond donors (Lipinski definition) is 2. The van der Waals surface area contributed by atoms with E-state index >= 15 is 0 Å². The smallest absolute Gasteiger partial charge is 0.261 e. The average molecular weight is 481 g/mol. The van der Waals surface area contributed by atoms with E-state index < -0.39 is 0 Å². The fourth-order valence-corrected chi connectivity index (χ4v) is 5.18. The summed E-state index contributed by atoms with van der Waals surface area (Å²) in [7, 11) is 0. The molecule has 1 aliphatic heterocycles. The van der Waals surface area contributed by atoms with Gasteiger partial charge in [0.15, 0.2) is 0 Å². The van der Waals surface area contributed by atoms with Crippen LogP contribution in [0.5, 0.6) is 5.75 Å². The Hall–Kier alpha value is -3.20. The molecule has 1 aromatic carbocycles. The van der Waals surface area contributed by atoms with Gasteiger partial charge in [-0.05, 0) is 57.2 Å². The molecule has 1 fully saturated rings. The van der Waals surface area contributed by atoms with Gasteiger partial charge >= 0.3 is 0 Å². The molecule has 1 saturated heterocycles. The van der Waals surface area contributed by atoms with E-state index in [4.69, 9.17) is 10.5 Å². The number of aromatic nitrogens is 2. The summed E-state index contributed by atoms with van der Waals surface area (Å²) in [5.74, 6) is 1.48. The molecule has 0 spiro atoms. The number of amides is 2. The Labute approximate surface area is 203 Å². The van der Waals surface area contributed by atoms with Gasteiger partial charge < -0.3 is 20.7 Å². The van der Waals surface area contributed by atoms with Gasteiger partial charge in [0.05, 0.1) is 17.2 Å². The van der Waals surface area contributed by atoms with Crippen molar-refractivity contribution < 1.29 is 14.3 Å². The molecular formula is C25H30N5O3S. The van der Waals surface area contributed by atoms with E-state index in [1.807, 2.05) is 42.2 Å². The van der Waals surface area contributed by atoms with Crippen LogP contribution in [0, 0.1) is 12.8 Å². The molecule has 3 heterocycles. The minimum atomic E-state index is -0.131. The second-order valence-corrected chi connectivity index (χ2v) is 9.39. The van der Waals surface area contributed by atoms with E-state index in [-0.39, 0.29) is 17.8 Å². The predicted molar refractivity (Wildman–Crippen MR) is 135 cm³/mol. The van der Waals surface area contributed by atoms with Crippen LogP contribution in [0.4, 0.5) is 5.95 Å². The summed E-state index contributed by atoms with van der Waals surface area (Å²) in [6, 6.07) is 9.56. The molecule has 3 aromatic rings. The molecule has 1 aliphatic rings. The van der Waals surface area contributed by atoms with E-state index in [2.05, 4.69) is 22.2 Å². The standard InChI is InChI=1S/C25H30N5O3S/c1-3-21(31)30-11-8-16(9-12-30)10-13-33-18-7-5-6-17(14-18)22-19-15-20(23(32)27-4-2)34-24(19)29-25(26)28-22/h5-7,14-16H,1,3-4,8-13H2,2H3,(H,27,32)(H2,26,28,29). The SMILES string of the molecule is [CH2]CC(=O)N1CCC(CCOc2cccc(-c3nc(N)nc4sc(C(=O)NCC)cc34)c2)CC1. The monoisotopic (exact) mass is 480 g/mol. The van der Waals surface area contributed by atoms with Crippen LogP contribution < -0.4 is 15.8 Å². The Balaban J connectivity index is 1.43. The number of nitrogen functional groups attached to an aromatic ring is 1. The Bertz CT molecular complexity index is 1170. The van der Waals surface area contributed by atoms with Crippen LogP contribution in [-0.4, -0.2) is 52.9 Å². The van der Waals surface area contributed by atoms with Gasteiger partial charge in [0.2, 0.25) is 11.9 Å². The summed E-state index contributed by atoms with van der Waals surface area (Å²) < 4.78 is 6.06. The number of likely N-dealkylation sites (tertiary alicyclic amines) is 1. The first-order valence-electron chi connectivity index (χ1n) is 11.6. The fraction of sp³-hybridized carbons (Fsp3) is 0.400. The first kappa shape index (κ1) is 23.9. The average Bonchev–Trinajstić information content (AvgIpc) is 3.28. The molecule has 179 valence electrons. The zero-order valence-corrected chi connectivity index (χ0v) is 20.2. The molecular weight excluding hydrogens is 450 g/mol. The highest BCUT2D eigenvalue weighted by atomic mass is 32.1. The molecule has 1 radical (unpaired) electrons. The van der Waals surface area contributed by atoms with Crippen LogP contribution >= 0.6 is 11.3 Å². The van der Waals surface area contributed by atoms with Crippen molar-refractivity contribution in [3.8, 4) is 17.0 Å². The van der Waals surface area contributed by atoms with Crippen LogP contribution in [0.3, 0.4) is 0 Å². The molecule has 3 N–H and O–H groups in total. The summed E-state index contributed by atoms with van der Waals surface area (Å²) in [6.45, 7) is 8.34. The second-order valence-electron chi connectivity index (χ2n) is 8.36. The maximum atomic E-state index is 12.3. The van der Waals surface area contributed by atoms with Gasteiger partial charge in [-0.3, -0.25) is 9.59 Å². The van der Waals surface area contributed by atoms with Crippen LogP contribution in [0.1, 0.15) is 42.3 Å². The highest BCUT2D eigenvalue weighted by Crippen LogP contribution is 2.34. The number of hydrogen-bond acceptors (Lipinski definition) is 7. The molecule has 34 heavy (non-hydrogen) atoms. The van der Waals surface area contributed by atoms with E-state index in [0.717, 1.165) is 49.1 Å². The van der Waals surface area contributed by atoms with Crippen molar-refractivity contribution in [3.05, 3.63) is 42.1 Å². The molecule has 0 aliphatic carbocycles. The lowest BCUT2D eigenvalue weighted by Gasteiger charge is -2.31. The highest BCUT2D eigenvalue weighted by Gasteiger charge is 2.22. The van der Waals surface area contributed by atoms with Crippen LogP contribution in [0.15, 0.2) is 30.3 Å². The topological polar surface area (TPSA) is 110 Å². The molecule has 0 atom stereocenters. The van der Waals surface area contributed by atoms with Gasteiger partial charge in [0.1, 0.15) is 10.6 Å². The van der Waals surface area contributed by atoms with Crippen LogP contribution in [-0.2, 0) is 4.79 Å². The number of carbonyl (C=O) groups excluding carboxylic acids is 2. The lowest BCUT2D eigenvalue weighted by atomic mass is 9.94. The Morgan fingerprint density at radius 1 is 1.26 bits per heavy atom. The lowest BCUT2D eigenvalue weighted by molar-refractivity contribution is -0.131. The third kappa shape index (κ3) is 5.47. The third-order valence-corrected chi connectivity index (χ3v) is 7.08. The van der Waals surface area contributed by atoms with Gasteiger partial charge in [-0.25, -0.2) is 9.97 Å². The van der Waals surface area contributed by atoms with E-state index in [1.165, 1.54) is 11.3 Å². The van der Waals surface area contributed by atoms with Gasteiger partial charge in [0.25, 0.3) is 5.91 Å². The number of rotatable bonds is 8. The minimum absolute atomic E-state index is 0.131. The van der Waals surface area contributed by atoms with Crippen molar-refractivity contribution in [2.24, 2.45) is 5.92 Å². The molecule has 9 heteroatoms. The molecule has 0 saturated carbocycles. The Kier molecular flexibility index (Phi) is 7.62. The van der Waals surface area contributed by atoms with Crippen molar-refractivity contribution >= 4 is 39.3 Å². The zero-order valence-electron chi connectivity index (χ0n) is 19.4. The Morgan fingerprint density at radius 3 is 2.79 bits per heavy atom. The van der Waals surface area contributed by atoms with Gasteiger partial charge in [0, 0.05) is 37.0 Å². The van der Waals surface area contributed by atoms with Gasteiger partial charge in [-0.15, -0.1) is 11.3 Å². The quantitative estimate of drug-likeness (QED) is 0.506. The first-order chi connectivity index (χ1) is 16.5. The van der Waals surface area contributed by atoms with Crippen molar-refractivity contribution in [1.82, 2.24) is 20.2 Å². The number of piperidine rings is 1. The first-order valence-corrected chi connectivity index (χ1v) is 12.5. The lowest BCUT2D eigenvalue weighted by Crippen LogP contribution is -2.38. The number of carbonyl (C=O) groups is 2. The molecule has 0 unspecified atom stereocenters. The molecule has 8 nitrogen and oxygen atoms in total. The summed E-state index contributed by atoms with van der Waals surface area (Å²) in [4.78, 5) is 36.0. The van der Waals surface area contributed by atoms with Gasteiger partial charge in [-0.1, -0.05) is 12.1 Å². The van der Waals surface area contributed by atoms with E-state index in [1.54, 1.807) is 0 Å². The van der Waals surface area contributed by atoms with Crippen molar-refractivity contribution in [1.29, 1.82) is 0 Å². The molecule has 0 bridgehead atoms.